The zero-order valence-electron chi connectivity index (χ0n) is 7.24. The number of amides is 1. The Kier molecular flexibility index (Phi) is 3.84. The van der Waals surface area contributed by atoms with Crippen LogP contribution >= 0.6 is 30.4 Å². The predicted molar refractivity (Wildman–Crippen MR) is 65.5 cm³/mol. The molecule has 1 unspecified atom stereocenters. The Morgan fingerprint density at radius 3 is 2.21 bits per heavy atom. The van der Waals surface area contributed by atoms with Gasteiger partial charge in [0.05, 0.1) is 0 Å². The molecule has 14 heavy (non-hydrogen) atoms. The normalized spacial score (nSPS) is 13.6. The largest absolute Gasteiger partial charge is 0.366 e. The van der Waals surface area contributed by atoms with Crippen LogP contribution in [0.5, 0.6) is 0 Å². The summed E-state index contributed by atoms with van der Waals surface area (Å²) >= 11 is 7.86. The van der Waals surface area contributed by atoms with Crippen molar-refractivity contribution in [2.45, 2.75) is 5.66 Å². The molecule has 0 aliphatic heterocycles. The number of rotatable bonds is 3. The van der Waals surface area contributed by atoms with E-state index in [9.17, 15) is 9.69 Å². The van der Waals surface area contributed by atoms with Crippen LogP contribution in [0.4, 0.5) is 0 Å². The second kappa shape index (κ2) is 4.53. The summed E-state index contributed by atoms with van der Waals surface area (Å²) < 4.78 is 0. The molecule has 1 atom stereocenters. The molecule has 0 radical (unpaired) electrons. The Morgan fingerprint density at radius 2 is 1.86 bits per heavy atom. The SMILES string of the molecule is NC(=O)C(c1ccccc1)[P+](O)(S)S. The van der Waals surface area contributed by atoms with E-state index < -0.39 is 17.5 Å². The van der Waals surface area contributed by atoms with Gasteiger partial charge in [0.15, 0.2) is 0 Å². The highest BCUT2D eigenvalue weighted by Crippen LogP contribution is 2.74. The number of hydrogen-bond donors (Lipinski definition) is 4. The van der Waals surface area contributed by atoms with Crippen molar-refractivity contribution >= 4 is 36.3 Å². The first-order chi connectivity index (χ1) is 6.43. The molecule has 0 aromatic heterocycles. The van der Waals surface area contributed by atoms with Gasteiger partial charge >= 0.3 is 0 Å². The Morgan fingerprint density at radius 1 is 1.36 bits per heavy atom. The number of nitrogens with two attached hydrogens (primary N) is 1. The topological polar surface area (TPSA) is 63.3 Å². The first-order valence-corrected chi connectivity index (χ1v) is 7.96. The van der Waals surface area contributed by atoms with Crippen molar-refractivity contribution in [3.63, 3.8) is 0 Å². The smallest absolute Gasteiger partial charge is 0.269 e. The maximum atomic E-state index is 11.1. The van der Waals surface area contributed by atoms with Gasteiger partial charge in [-0.15, -0.1) is 0 Å². The number of carbonyl (C=O) groups is 1. The summed E-state index contributed by atoms with van der Waals surface area (Å²) in [6.07, 6.45) is 0. The van der Waals surface area contributed by atoms with Crippen LogP contribution in [-0.4, -0.2) is 10.8 Å². The average molecular weight is 248 g/mol. The third-order valence-corrected chi connectivity index (χ3v) is 4.36. The third kappa shape index (κ3) is 2.89. The van der Waals surface area contributed by atoms with Crippen LogP contribution in [-0.2, 0) is 4.79 Å². The predicted octanol–water partition coefficient (Wildman–Crippen LogP) is 1.83. The minimum atomic E-state index is -2.89. The molecule has 6 heteroatoms. The lowest BCUT2D eigenvalue weighted by atomic mass is 10.1. The first kappa shape index (κ1) is 11.9. The maximum absolute atomic E-state index is 11.1. The fourth-order valence-corrected chi connectivity index (χ4v) is 3.57. The zero-order chi connectivity index (χ0) is 10.8. The van der Waals surface area contributed by atoms with Gasteiger partial charge in [-0.1, -0.05) is 30.3 Å². The lowest BCUT2D eigenvalue weighted by molar-refractivity contribution is -0.117. The third-order valence-electron chi connectivity index (χ3n) is 1.73. The molecule has 0 saturated heterocycles. The van der Waals surface area contributed by atoms with Crippen LogP contribution in [0.15, 0.2) is 30.3 Å². The molecule has 0 saturated carbocycles. The van der Waals surface area contributed by atoms with E-state index in [-0.39, 0.29) is 0 Å². The molecule has 76 valence electrons. The van der Waals surface area contributed by atoms with Gasteiger partial charge in [-0.25, -0.2) is 4.89 Å². The van der Waals surface area contributed by atoms with Gasteiger partial charge in [-0.2, -0.15) is 0 Å². The summed E-state index contributed by atoms with van der Waals surface area (Å²) in [5, 5.41) is 0. The lowest BCUT2D eigenvalue weighted by Gasteiger charge is -2.15. The second-order valence-corrected chi connectivity index (χ2v) is 9.18. The van der Waals surface area contributed by atoms with Crippen LogP contribution in [0.2, 0.25) is 0 Å². The highest BCUT2D eigenvalue weighted by atomic mass is 33.1. The molecule has 0 aliphatic rings. The zero-order valence-corrected chi connectivity index (χ0v) is 9.92. The average Bonchev–Trinajstić information content (AvgIpc) is 2.02. The number of hydrogen-bond acceptors (Lipinski definition) is 4. The van der Waals surface area contributed by atoms with Crippen molar-refractivity contribution in [1.29, 1.82) is 0 Å². The van der Waals surface area contributed by atoms with Gasteiger partial charge in [0.25, 0.3) is 11.8 Å². The summed E-state index contributed by atoms with van der Waals surface area (Å²) in [6, 6.07) is 8.78. The van der Waals surface area contributed by atoms with E-state index in [0.717, 1.165) is 0 Å². The number of carbonyl (C=O) groups excluding carboxylic acids is 1. The van der Waals surface area contributed by atoms with Gasteiger partial charge in [0, 0.05) is 30.1 Å². The Labute approximate surface area is 93.4 Å². The monoisotopic (exact) mass is 248 g/mol. The van der Waals surface area contributed by atoms with Crippen LogP contribution in [0.25, 0.3) is 0 Å². The minimum Gasteiger partial charge on any atom is -0.366 e. The molecule has 0 bridgehead atoms. The standard InChI is InChI=1S/C8H10NO2PS2/c9-8(10)7(12(11,13)14)6-4-2-1-3-5-6/h1-5,7,11,13-14H,(H-,9,10)/p+1. The highest BCUT2D eigenvalue weighted by molar-refractivity contribution is 8.83. The Balaban J connectivity index is 3.08. The minimum absolute atomic E-state index is 0.614. The molecular formula is C8H11NO2PS2+. The number of primary amides is 1. The lowest BCUT2D eigenvalue weighted by Crippen LogP contribution is -2.21. The van der Waals surface area contributed by atoms with Crippen LogP contribution in [0.3, 0.4) is 0 Å². The van der Waals surface area contributed by atoms with E-state index in [1.54, 1.807) is 24.3 Å². The molecule has 0 fully saturated rings. The van der Waals surface area contributed by atoms with E-state index in [1.165, 1.54) is 0 Å². The van der Waals surface area contributed by atoms with E-state index in [2.05, 4.69) is 24.5 Å². The molecule has 0 spiro atoms. The van der Waals surface area contributed by atoms with Crippen LogP contribution in [0.1, 0.15) is 11.2 Å². The molecule has 1 rings (SSSR count). The number of thiol groups is 2. The molecule has 0 aliphatic carbocycles. The van der Waals surface area contributed by atoms with Crippen molar-refractivity contribution < 1.29 is 9.69 Å². The number of benzene rings is 1. The quantitative estimate of drug-likeness (QED) is 0.487. The molecule has 1 aromatic carbocycles. The van der Waals surface area contributed by atoms with Gasteiger partial charge in [0.1, 0.15) is 0 Å². The molecular weight excluding hydrogens is 237 g/mol. The second-order valence-electron chi connectivity index (χ2n) is 2.83. The maximum Gasteiger partial charge on any atom is 0.269 e. The van der Waals surface area contributed by atoms with Gasteiger partial charge in [0.2, 0.25) is 5.66 Å². The van der Waals surface area contributed by atoms with Crippen molar-refractivity contribution in [1.82, 2.24) is 0 Å². The highest BCUT2D eigenvalue weighted by Gasteiger charge is 2.44. The fraction of sp³-hybridized carbons (Fsp3) is 0.125. The summed E-state index contributed by atoms with van der Waals surface area (Å²) in [7, 11) is 0. The molecule has 3 N–H and O–H groups in total. The van der Waals surface area contributed by atoms with Gasteiger partial charge in [-0.05, 0) is 0 Å². The Hall–Kier alpha value is -0.220. The summed E-state index contributed by atoms with van der Waals surface area (Å²) in [6.45, 7) is 0. The van der Waals surface area contributed by atoms with E-state index in [1.807, 2.05) is 6.07 Å². The van der Waals surface area contributed by atoms with Crippen molar-refractivity contribution in [3.8, 4) is 0 Å². The molecule has 1 amide bonds. The summed E-state index contributed by atoms with van der Waals surface area (Å²) in [5.74, 6) is -3.50. The molecule has 0 heterocycles. The van der Waals surface area contributed by atoms with Gasteiger partial charge < -0.3 is 5.73 Å². The van der Waals surface area contributed by atoms with Crippen molar-refractivity contribution in [2.24, 2.45) is 5.73 Å². The van der Waals surface area contributed by atoms with Crippen molar-refractivity contribution in [2.75, 3.05) is 0 Å². The van der Waals surface area contributed by atoms with Crippen LogP contribution < -0.4 is 5.73 Å². The van der Waals surface area contributed by atoms with Crippen LogP contribution in [0, 0.1) is 0 Å². The fourth-order valence-electron chi connectivity index (χ4n) is 1.17. The molecule has 3 nitrogen and oxygen atoms in total. The summed E-state index contributed by atoms with van der Waals surface area (Å²) in [4.78, 5) is 20.8. The van der Waals surface area contributed by atoms with E-state index in [4.69, 9.17) is 5.73 Å². The first-order valence-electron chi connectivity index (χ1n) is 3.84. The molecule has 1 aromatic rings. The summed E-state index contributed by atoms with van der Waals surface area (Å²) in [5.41, 5.74) is 5.00. The van der Waals surface area contributed by atoms with E-state index in [0.29, 0.717) is 5.56 Å². The Bertz CT molecular complexity index is 326. The van der Waals surface area contributed by atoms with E-state index >= 15 is 0 Å². The van der Waals surface area contributed by atoms with Crippen molar-refractivity contribution in [3.05, 3.63) is 35.9 Å². The van der Waals surface area contributed by atoms with Gasteiger partial charge in [-0.3, -0.25) is 4.79 Å².